The minimum Gasteiger partial charge on any atom is -0.351 e. The average molecular weight is 264 g/mol. The van der Waals surface area contributed by atoms with E-state index in [1.807, 2.05) is 29.2 Å². The first-order valence-electron chi connectivity index (χ1n) is 3.08. The zero-order valence-electron chi connectivity index (χ0n) is 5.67. The molecule has 1 aromatic heterocycles. The molecule has 1 atom stereocenters. The third-order valence-corrected chi connectivity index (χ3v) is 1.99. The van der Waals surface area contributed by atoms with Gasteiger partial charge in [0.25, 0.3) is 0 Å². The first kappa shape index (κ1) is 8.66. The topological polar surface area (TPSA) is 57.8 Å². The lowest BCUT2D eigenvalue weighted by molar-refractivity contribution is 0.537. The van der Waals surface area contributed by atoms with Crippen molar-refractivity contribution in [3.8, 4) is 0 Å². The van der Waals surface area contributed by atoms with Gasteiger partial charge in [0.2, 0.25) is 6.29 Å². The fourth-order valence-electron chi connectivity index (χ4n) is 0.714. The molecule has 0 saturated carbocycles. The number of carbonyl (C=O) groups excluding carboxylic acids is 1. The van der Waals surface area contributed by atoms with Gasteiger partial charge in [-0.3, -0.25) is 4.79 Å². The molecule has 11 heavy (non-hydrogen) atoms. The predicted molar refractivity (Wildman–Crippen MR) is 48.9 cm³/mol. The fraction of sp³-hybridized carbons (Fsp3) is 0.333. The Balaban J connectivity index is 2.47. The molecule has 0 aliphatic rings. The van der Waals surface area contributed by atoms with E-state index < -0.39 is 0 Å². The monoisotopic (exact) mass is 264 g/mol. The van der Waals surface area contributed by atoms with Gasteiger partial charge in [0.05, 0.1) is 18.1 Å². The summed E-state index contributed by atoms with van der Waals surface area (Å²) in [4.78, 5) is 17.0. The highest BCUT2D eigenvalue weighted by Crippen LogP contribution is 1.97. The second-order valence-electron chi connectivity index (χ2n) is 2.04. The largest absolute Gasteiger partial charge is 0.351 e. The number of aromatic nitrogens is 2. The van der Waals surface area contributed by atoms with Crippen LogP contribution in [0.1, 0.15) is 5.69 Å². The smallest absolute Gasteiger partial charge is 0.218 e. The molecule has 1 heterocycles. The summed E-state index contributed by atoms with van der Waals surface area (Å²) < 4.78 is 2.78. The van der Waals surface area contributed by atoms with E-state index >= 15 is 0 Å². The minimum atomic E-state index is -0.265. The van der Waals surface area contributed by atoms with Crippen LogP contribution in [0.2, 0.25) is 0 Å². The quantitative estimate of drug-likeness (QED) is 0.610. The van der Waals surface area contributed by atoms with E-state index in [9.17, 15) is 4.79 Å². The summed E-state index contributed by atoms with van der Waals surface area (Å²) in [6, 6.07) is -0.265. The van der Waals surface area contributed by atoms with Gasteiger partial charge in [-0.05, 0) is 0 Å². The molecule has 0 amide bonds. The van der Waals surface area contributed by atoms with E-state index in [4.69, 9.17) is 0 Å². The van der Waals surface area contributed by atoms with E-state index in [0.717, 1.165) is 5.69 Å². The van der Waals surface area contributed by atoms with Gasteiger partial charge in [-0.1, -0.05) is 0 Å². The Morgan fingerprint density at radius 1 is 1.91 bits per heavy atom. The van der Waals surface area contributed by atoms with Crippen molar-refractivity contribution in [3.05, 3.63) is 18.2 Å². The molecular weight excluding hydrogens is 257 g/mol. The minimum absolute atomic E-state index is 0.265. The number of halogens is 1. The number of hydrogen-bond donors (Lipinski definition) is 2. The SMILES string of the molecule is O=[C][C@H](Cc1c[nH]cn1)NI. The van der Waals surface area contributed by atoms with Crippen LogP contribution in [0.15, 0.2) is 12.5 Å². The van der Waals surface area contributed by atoms with E-state index in [-0.39, 0.29) is 6.04 Å². The number of imidazole rings is 1. The van der Waals surface area contributed by atoms with Crippen LogP contribution in [0.3, 0.4) is 0 Å². The standard InChI is InChI=1S/C6H7IN3O/c7-10-6(3-11)1-5-2-8-4-9-5/h2,4,6,10H,1H2,(H,8,9)/t6-/m0/s1. The van der Waals surface area contributed by atoms with E-state index in [1.165, 1.54) is 0 Å². The molecule has 1 aromatic rings. The van der Waals surface area contributed by atoms with Crippen LogP contribution in [0.25, 0.3) is 0 Å². The lowest BCUT2D eigenvalue weighted by Crippen LogP contribution is -2.24. The highest BCUT2D eigenvalue weighted by Gasteiger charge is 2.07. The van der Waals surface area contributed by atoms with Crippen molar-refractivity contribution in [2.75, 3.05) is 0 Å². The first-order valence-corrected chi connectivity index (χ1v) is 4.16. The lowest BCUT2D eigenvalue weighted by Gasteiger charge is -2.01. The second kappa shape index (κ2) is 4.45. The Kier molecular flexibility index (Phi) is 3.50. The number of hydrogen-bond acceptors (Lipinski definition) is 3. The van der Waals surface area contributed by atoms with Crippen LogP contribution in [0.4, 0.5) is 0 Å². The summed E-state index contributed by atoms with van der Waals surface area (Å²) >= 11 is 1.92. The van der Waals surface area contributed by atoms with Gasteiger partial charge in [0, 0.05) is 35.5 Å². The molecule has 0 aliphatic carbocycles. The Bertz CT molecular complexity index is 212. The van der Waals surface area contributed by atoms with Gasteiger partial charge in [-0.25, -0.2) is 8.51 Å². The first-order chi connectivity index (χ1) is 5.36. The van der Waals surface area contributed by atoms with Crippen molar-refractivity contribution in [1.82, 2.24) is 13.5 Å². The molecule has 0 aromatic carbocycles. The van der Waals surface area contributed by atoms with Crippen LogP contribution in [-0.4, -0.2) is 22.3 Å². The molecule has 2 N–H and O–H groups in total. The normalized spacial score (nSPS) is 12.8. The summed E-state index contributed by atoms with van der Waals surface area (Å²) in [6.07, 6.45) is 5.80. The third kappa shape index (κ3) is 2.58. The maximum Gasteiger partial charge on any atom is 0.218 e. The zero-order chi connectivity index (χ0) is 8.10. The molecule has 1 rings (SSSR count). The second-order valence-corrected chi connectivity index (χ2v) is 2.67. The summed E-state index contributed by atoms with van der Waals surface area (Å²) in [5.41, 5.74) is 0.863. The average Bonchev–Trinajstić information content (AvgIpc) is 2.52. The maximum atomic E-state index is 10.2. The number of rotatable bonds is 4. The highest BCUT2D eigenvalue weighted by molar-refractivity contribution is 14.1. The molecule has 0 spiro atoms. The lowest BCUT2D eigenvalue weighted by atomic mass is 10.2. The molecule has 59 valence electrons. The van der Waals surface area contributed by atoms with Crippen molar-refractivity contribution in [2.45, 2.75) is 12.5 Å². The van der Waals surface area contributed by atoms with E-state index in [2.05, 4.69) is 13.5 Å². The van der Waals surface area contributed by atoms with Crippen molar-refractivity contribution in [3.63, 3.8) is 0 Å². The molecule has 0 saturated heterocycles. The summed E-state index contributed by atoms with van der Waals surface area (Å²) in [7, 11) is 0. The van der Waals surface area contributed by atoms with E-state index in [1.54, 1.807) is 12.5 Å². The van der Waals surface area contributed by atoms with Crippen LogP contribution in [0.5, 0.6) is 0 Å². The number of aromatic amines is 1. The third-order valence-electron chi connectivity index (χ3n) is 1.24. The van der Waals surface area contributed by atoms with Crippen LogP contribution in [0, 0.1) is 0 Å². The van der Waals surface area contributed by atoms with Gasteiger partial charge in [-0.2, -0.15) is 0 Å². The Morgan fingerprint density at radius 2 is 2.73 bits per heavy atom. The van der Waals surface area contributed by atoms with Gasteiger partial charge in [-0.15, -0.1) is 0 Å². The maximum absolute atomic E-state index is 10.2. The Hall–Kier alpha value is -0.430. The van der Waals surface area contributed by atoms with Gasteiger partial charge >= 0.3 is 0 Å². The predicted octanol–water partition coefficient (Wildman–Crippen LogP) is 0.370. The van der Waals surface area contributed by atoms with Gasteiger partial charge < -0.3 is 4.98 Å². The van der Waals surface area contributed by atoms with Crippen LogP contribution in [-0.2, 0) is 11.2 Å². The molecule has 0 bridgehead atoms. The zero-order valence-corrected chi connectivity index (χ0v) is 7.83. The Morgan fingerprint density at radius 3 is 3.18 bits per heavy atom. The van der Waals surface area contributed by atoms with Crippen molar-refractivity contribution >= 4 is 29.2 Å². The molecule has 0 fully saturated rings. The van der Waals surface area contributed by atoms with Crippen LogP contribution < -0.4 is 3.53 Å². The number of nitrogens with zero attached hydrogens (tertiary/aromatic N) is 1. The van der Waals surface area contributed by atoms with Gasteiger partial charge in [0.1, 0.15) is 0 Å². The molecule has 1 radical (unpaired) electrons. The van der Waals surface area contributed by atoms with E-state index in [0.29, 0.717) is 6.42 Å². The Labute approximate surface area is 78.3 Å². The molecule has 5 heteroatoms. The molecule has 4 nitrogen and oxygen atoms in total. The molecule has 0 aliphatic heterocycles. The summed E-state index contributed by atoms with van der Waals surface area (Å²) in [6.45, 7) is 0. The summed E-state index contributed by atoms with van der Waals surface area (Å²) in [5, 5.41) is 0. The highest BCUT2D eigenvalue weighted by atomic mass is 127. The fourth-order valence-corrected chi connectivity index (χ4v) is 1.06. The van der Waals surface area contributed by atoms with Crippen LogP contribution >= 0.6 is 22.9 Å². The van der Waals surface area contributed by atoms with Gasteiger partial charge in [0.15, 0.2) is 0 Å². The number of nitrogens with one attached hydrogen (secondary N) is 2. The molecule has 0 unspecified atom stereocenters. The number of H-pyrrole nitrogens is 1. The van der Waals surface area contributed by atoms with Crippen molar-refractivity contribution in [1.29, 1.82) is 0 Å². The van der Waals surface area contributed by atoms with Crippen molar-refractivity contribution in [2.24, 2.45) is 0 Å². The van der Waals surface area contributed by atoms with Crippen molar-refractivity contribution < 1.29 is 4.79 Å². The molecular formula is C6H7IN3O. The summed E-state index contributed by atoms with van der Waals surface area (Å²) in [5.74, 6) is 0.